The second kappa shape index (κ2) is 11.5. The third-order valence-corrected chi connectivity index (χ3v) is 3.64. The molecule has 0 atom stereocenters. The van der Waals surface area contributed by atoms with Crippen LogP contribution in [0.25, 0.3) is 0 Å². The number of carboxylic acid groups (broad SMARTS) is 1. The molecule has 0 heterocycles. The monoisotopic (exact) mass is 322 g/mol. The Morgan fingerprint density at radius 3 is 2.48 bits per heavy atom. The molecule has 5 heteroatoms. The fraction of sp³-hybridized carbons (Fsp3) is 0.556. The van der Waals surface area contributed by atoms with Crippen molar-refractivity contribution in [3.63, 3.8) is 0 Å². The molecular weight excluding hydrogens is 296 g/mol. The van der Waals surface area contributed by atoms with Gasteiger partial charge in [0.25, 0.3) is 6.47 Å². The molecule has 1 aromatic rings. The summed E-state index contributed by atoms with van der Waals surface area (Å²) in [5.74, 6) is -0.255. The summed E-state index contributed by atoms with van der Waals surface area (Å²) in [5, 5.41) is 9.04. The minimum atomic E-state index is -0.934. The molecule has 0 aliphatic carbocycles. The lowest BCUT2D eigenvalue weighted by Crippen LogP contribution is -2.02. The SMILES string of the molecule is CCOc1cc(C(=O)O)ccc1CCCCCCCCOC=O. The van der Waals surface area contributed by atoms with Gasteiger partial charge in [0.05, 0.1) is 18.8 Å². The number of aryl methyl sites for hydroxylation is 1. The van der Waals surface area contributed by atoms with Gasteiger partial charge in [-0.3, -0.25) is 4.79 Å². The molecule has 0 bridgehead atoms. The number of benzene rings is 1. The summed E-state index contributed by atoms with van der Waals surface area (Å²) >= 11 is 0. The zero-order valence-electron chi connectivity index (χ0n) is 13.8. The van der Waals surface area contributed by atoms with Gasteiger partial charge < -0.3 is 14.6 Å². The molecule has 0 spiro atoms. The van der Waals surface area contributed by atoms with E-state index in [1.54, 1.807) is 12.1 Å². The van der Waals surface area contributed by atoms with Gasteiger partial charge in [0.2, 0.25) is 0 Å². The van der Waals surface area contributed by atoms with E-state index in [2.05, 4.69) is 4.74 Å². The van der Waals surface area contributed by atoms with E-state index in [9.17, 15) is 9.59 Å². The predicted octanol–water partition coefficient (Wildman–Crippen LogP) is 3.84. The van der Waals surface area contributed by atoms with Crippen molar-refractivity contribution in [2.24, 2.45) is 0 Å². The van der Waals surface area contributed by atoms with Gasteiger partial charge in [0.1, 0.15) is 5.75 Å². The van der Waals surface area contributed by atoms with Crippen LogP contribution in [0.1, 0.15) is 61.4 Å². The quantitative estimate of drug-likeness (QED) is 0.441. The first-order valence-corrected chi connectivity index (χ1v) is 8.23. The van der Waals surface area contributed by atoms with Crippen LogP contribution in [0.15, 0.2) is 18.2 Å². The molecule has 0 fully saturated rings. The molecule has 5 nitrogen and oxygen atoms in total. The van der Waals surface area contributed by atoms with Gasteiger partial charge in [0.15, 0.2) is 0 Å². The summed E-state index contributed by atoms with van der Waals surface area (Å²) in [5.41, 5.74) is 1.32. The van der Waals surface area contributed by atoms with Crippen molar-refractivity contribution in [1.29, 1.82) is 0 Å². The summed E-state index contributed by atoms with van der Waals surface area (Å²) in [4.78, 5) is 21.0. The van der Waals surface area contributed by atoms with Crippen molar-refractivity contribution in [1.82, 2.24) is 0 Å². The maximum atomic E-state index is 11.0. The minimum Gasteiger partial charge on any atom is -0.494 e. The third-order valence-electron chi connectivity index (χ3n) is 3.64. The molecule has 0 aliphatic rings. The molecule has 0 saturated heterocycles. The van der Waals surface area contributed by atoms with Crippen LogP contribution in [0, 0.1) is 0 Å². The van der Waals surface area contributed by atoms with Gasteiger partial charge in [-0.25, -0.2) is 4.79 Å². The van der Waals surface area contributed by atoms with Gasteiger partial charge >= 0.3 is 5.97 Å². The molecular formula is C18H26O5. The summed E-state index contributed by atoms with van der Waals surface area (Å²) in [6.45, 7) is 3.42. The molecule has 1 N–H and O–H groups in total. The van der Waals surface area contributed by atoms with Crippen LogP contribution >= 0.6 is 0 Å². The molecule has 0 aliphatic heterocycles. The third kappa shape index (κ3) is 7.68. The van der Waals surface area contributed by atoms with E-state index in [4.69, 9.17) is 9.84 Å². The van der Waals surface area contributed by atoms with Crippen LogP contribution in [0.3, 0.4) is 0 Å². The van der Waals surface area contributed by atoms with Crippen LogP contribution in [0.4, 0.5) is 0 Å². The average Bonchev–Trinajstić information content (AvgIpc) is 2.54. The Kier molecular flexibility index (Phi) is 9.52. The minimum absolute atomic E-state index is 0.259. The van der Waals surface area contributed by atoms with E-state index in [1.807, 2.05) is 13.0 Å². The van der Waals surface area contributed by atoms with Gasteiger partial charge in [-0.15, -0.1) is 0 Å². The number of unbranched alkanes of at least 4 members (excludes halogenated alkanes) is 5. The maximum absolute atomic E-state index is 11.0. The van der Waals surface area contributed by atoms with E-state index in [0.29, 0.717) is 25.4 Å². The van der Waals surface area contributed by atoms with E-state index in [-0.39, 0.29) is 5.56 Å². The fourth-order valence-corrected chi connectivity index (χ4v) is 2.44. The van der Waals surface area contributed by atoms with Crippen molar-refractivity contribution in [3.05, 3.63) is 29.3 Å². The van der Waals surface area contributed by atoms with Gasteiger partial charge in [0, 0.05) is 0 Å². The molecule has 0 radical (unpaired) electrons. The van der Waals surface area contributed by atoms with E-state index in [0.717, 1.165) is 50.5 Å². The molecule has 0 unspecified atom stereocenters. The van der Waals surface area contributed by atoms with E-state index >= 15 is 0 Å². The number of carboxylic acids is 1. The number of carbonyl (C=O) groups excluding carboxylic acids is 1. The molecule has 1 aromatic carbocycles. The van der Waals surface area contributed by atoms with Gasteiger partial charge in [-0.1, -0.05) is 31.7 Å². The summed E-state index contributed by atoms with van der Waals surface area (Å²) in [6.07, 6.45) is 7.35. The Hall–Kier alpha value is -2.04. The van der Waals surface area contributed by atoms with E-state index in [1.165, 1.54) is 0 Å². The first kappa shape index (κ1) is 19.0. The summed E-state index contributed by atoms with van der Waals surface area (Å²) in [7, 11) is 0. The Morgan fingerprint density at radius 1 is 1.13 bits per heavy atom. The first-order valence-electron chi connectivity index (χ1n) is 8.23. The lowest BCUT2D eigenvalue weighted by Gasteiger charge is -2.11. The number of hydrogen-bond acceptors (Lipinski definition) is 4. The topological polar surface area (TPSA) is 72.8 Å². The van der Waals surface area contributed by atoms with Crippen molar-refractivity contribution in [2.45, 2.75) is 51.9 Å². The van der Waals surface area contributed by atoms with Crippen LogP contribution in [0.5, 0.6) is 5.75 Å². The Bertz CT molecular complexity index is 484. The summed E-state index contributed by atoms with van der Waals surface area (Å²) in [6, 6.07) is 5.09. The van der Waals surface area contributed by atoms with E-state index < -0.39 is 5.97 Å². The fourth-order valence-electron chi connectivity index (χ4n) is 2.44. The van der Waals surface area contributed by atoms with Crippen molar-refractivity contribution in [2.75, 3.05) is 13.2 Å². The zero-order chi connectivity index (χ0) is 16.9. The second-order valence-electron chi connectivity index (χ2n) is 5.40. The Labute approximate surface area is 137 Å². The number of aromatic carboxylic acids is 1. The number of carbonyl (C=O) groups is 2. The molecule has 0 aromatic heterocycles. The highest BCUT2D eigenvalue weighted by atomic mass is 16.5. The van der Waals surface area contributed by atoms with Crippen LogP contribution in [0.2, 0.25) is 0 Å². The largest absolute Gasteiger partial charge is 0.494 e. The Morgan fingerprint density at radius 2 is 1.83 bits per heavy atom. The normalized spacial score (nSPS) is 10.3. The lowest BCUT2D eigenvalue weighted by atomic mass is 10.0. The van der Waals surface area contributed by atoms with Crippen LogP contribution in [-0.4, -0.2) is 30.8 Å². The van der Waals surface area contributed by atoms with Crippen molar-refractivity contribution in [3.8, 4) is 5.75 Å². The smallest absolute Gasteiger partial charge is 0.335 e. The highest BCUT2D eigenvalue weighted by Crippen LogP contribution is 2.23. The highest BCUT2D eigenvalue weighted by Gasteiger charge is 2.09. The number of rotatable bonds is 13. The van der Waals surface area contributed by atoms with Gasteiger partial charge in [-0.05, 0) is 43.9 Å². The predicted molar refractivity (Wildman–Crippen MR) is 88.0 cm³/mol. The molecule has 1 rings (SSSR count). The standard InChI is InChI=1S/C18H26O5/c1-2-23-17-13-16(18(20)21)11-10-15(17)9-7-5-3-4-6-8-12-22-14-19/h10-11,13-14H,2-9,12H2,1H3,(H,20,21). The highest BCUT2D eigenvalue weighted by molar-refractivity contribution is 5.88. The van der Waals surface area contributed by atoms with Crippen molar-refractivity contribution < 1.29 is 24.2 Å². The molecule has 0 saturated carbocycles. The Balaban J connectivity index is 2.31. The lowest BCUT2D eigenvalue weighted by molar-refractivity contribution is -0.128. The molecule has 0 amide bonds. The average molecular weight is 322 g/mol. The van der Waals surface area contributed by atoms with Crippen molar-refractivity contribution >= 4 is 12.4 Å². The summed E-state index contributed by atoms with van der Waals surface area (Å²) < 4.78 is 10.2. The van der Waals surface area contributed by atoms with Crippen LogP contribution < -0.4 is 4.74 Å². The zero-order valence-corrected chi connectivity index (χ0v) is 13.8. The maximum Gasteiger partial charge on any atom is 0.335 e. The second-order valence-corrected chi connectivity index (χ2v) is 5.40. The van der Waals surface area contributed by atoms with Gasteiger partial charge in [-0.2, -0.15) is 0 Å². The number of hydrogen-bond donors (Lipinski definition) is 1. The molecule has 23 heavy (non-hydrogen) atoms. The molecule has 128 valence electrons. The van der Waals surface area contributed by atoms with Crippen LogP contribution in [-0.2, 0) is 16.0 Å². The first-order chi connectivity index (χ1) is 11.2. The number of ether oxygens (including phenoxy) is 2.